The Morgan fingerprint density at radius 3 is 2.63 bits per heavy atom. The average Bonchev–Trinajstić information content (AvgIpc) is 3.25. The van der Waals surface area contributed by atoms with Gasteiger partial charge in [-0.25, -0.2) is 9.36 Å². The molecule has 0 spiro atoms. The number of carbonyl (C=O) groups excluding carboxylic acids is 2. The van der Waals surface area contributed by atoms with E-state index in [-0.39, 0.29) is 24.7 Å². The number of fused-ring (bicyclic) bond motifs is 1. The molecule has 0 aliphatic carbocycles. The van der Waals surface area contributed by atoms with Crippen molar-refractivity contribution >= 4 is 31.4 Å². The molecule has 2 saturated heterocycles. The Morgan fingerprint density at radius 2 is 1.90 bits per heavy atom. The summed E-state index contributed by atoms with van der Waals surface area (Å²) in [6.07, 6.45) is 7.26. The molecule has 0 saturated carbocycles. The zero-order valence-corrected chi connectivity index (χ0v) is 19.3. The highest BCUT2D eigenvalue weighted by Crippen LogP contribution is 2.42. The molecule has 30 heavy (non-hydrogen) atoms. The van der Waals surface area contributed by atoms with Crippen LogP contribution in [0.4, 0.5) is 4.79 Å². The van der Waals surface area contributed by atoms with Crippen LogP contribution in [0.3, 0.4) is 0 Å². The van der Waals surface area contributed by atoms with E-state index in [2.05, 4.69) is 19.7 Å². The van der Waals surface area contributed by atoms with Gasteiger partial charge in [0.05, 0.1) is 24.8 Å². The van der Waals surface area contributed by atoms with Crippen molar-refractivity contribution in [3.05, 3.63) is 0 Å². The first-order valence-corrected chi connectivity index (χ1v) is 13.3. The predicted octanol–water partition coefficient (Wildman–Crippen LogP) is 2.75. The number of Topliss-reactive ketones (excluding diaryl/α,β-unsaturated/α-hetero) is 1. The summed E-state index contributed by atoms with van der Waals surface area (Å²) in [6, 6.07) is 0.427. The minimum absolute atomic E-state index is 0.0598. The zero-order chi connectivity index (χ0) is 22.0. The Labute approximate surface area is 182 Å². The molecule has 0 aromatic carbocycles. The number of rotatable bonds is 16. The number of amides is 2. The number of nitrogens with one attached hydrogen (secondary N) is 2. The number of phosphoric ester groups is 1. The van der Waals surface area contributed by atoms with Gasteiger partial charge in [0.2, 0.25) is 0 Å². The van der Waals surface area contributed by atoms with E-state index in [1.807, 2.05) is 11.8 Å². The van der Waals surface area contributed by atoms with Gasteiger partial charge in [-0.3, -0.25) is 13.8 Å². The summed E-state index contributed by atoms with van der Waals surface area (Å²) >= 11 is 1.90. The molecule has 0 bridgehead atoms. The molecule has 5 atom stereocenters. The van der Waals surface area contributed by atoms with Crippen LogP contribution in [0.15, 0.2) is 0 Å². The first-order chi connectivity index (χ1) is 14.3. The van der Waals surface area contributed by atoms with Gasteiger partial charge in [0, 0.05) is 31.0 Å². The van der Waals surface area contributed by atoms with Crippen LogP contribution < -0.4 is 10.6 Å². The summed E-state index contributed by atoms with van der Waals surface area (Å²) in [5.41, 5.74) is 0. The van der Waals surface area contributed by atoms with Gasteiger partial charge in [0.1, 0.15) is 5.78 Å². The van der Waals surface area contributed by atoms with Crippen LogP contribution >= 0.6 is 19.6 Å². The van der Waals surface area contributed by atoms with Crippen LogP contribution in [0.25, 0.3) is 0 Å². The Hall–Kier alpha value is -0.640. The first kappa shape index (κ1) is 25.6. The molecule has 2 amide bonds. The van der Waals surface area contributed by atoms with E-state index in [0.717, 1.165) is 57.8 Å². The lowest BCUT2D eigenvalue weighted by Crippen LogP contribution is -2.36. The Morgan fingerprint density at radius 1 is 1.20 bits per heavy atom. The fraction of sp³-hybridized carbons (Fsp3) is 0.895. The lowest BCUT2D eigenvalue weighted by Gasteiger charge is -2.16. The van der Waals surface area contributed by atoms with Gasteiger partial charge in [-0.05, 0) is 25.7 Å². The van der Waals surface area contributed by atoms with Crippen LogP contribution in [-0.2, 0) is 18.4 Å². The molecule has 2 aliphatic rings. The lowest BCUT2D eigenvalue weighted by molar-refractivity contribution is -0.119. The molecule has 11 heteroatoms. The number of aliphatic hydroxyl groups is 1. The van der Waals surface area contributed by atoms with Crippen LogP contribution in [0.5, 0.6) is 0 Å². The molecule has 4 N–H and O–H groups in total. The molecule has 9 nitrogen and oxygen atoms in total. The minimum atomic E-state index is -4.03. The summed E-state index contributed by atoms with van der Waals surface area (Å²) in [5.74, 6) is 1.27. The smallest absolute Gasteiger partial charge is 0.391 e. The van der Waals surface area contributed by atoms with E-state index in [1.54, 1.807) is 0 Å². The predicted molar refractivity (Wildman–Crippen MR) is 115 cm³/mol. The second-order valence-electron chi connectivity index (χ2n) is 7.96. The van der Waals surface area contributed by atoms with E-state index in [9.17, 15) is 19.3 Å². The van der Waals surface area contributed by atoms with E-state index >= 15 is 0 Å². The third-order valence-electron chi connectivity index (χ3n) is 5.54. The van der Waals surface area contributed by atoms with Crippen LogP contribution in [-0.4, -0.2) is 64.7 Å². The second kappa shape index (κ2) is 13.0. The van der Waals surface area contributed by atoms with Crippen molar-refractivity contribution in [1.82, 2.24) is 10.6 Å². The van der Waals surface area contributed by atoms with Gasteiger partial charge < -0.3 is 20.6 Å². The number of aliphatic hydroxyl groups excluding tert-OH is 1. The molecular formula is C19H35N2O7PS. The molecule has 2 rings (SSSR count). The first-order valence-electron chi connectivity index (χ1n) is 10.7. The minimum Gasteiger partial charge on any atom is -0.391 e. The molecule has 174 valence electrons. The van der Waals surface area contributed by atoms with E-state index in [4.69, 9.17) is 4.89 Å². The van der Waals surface area contributed by atoms with Crippen LogP contribution in [0, 0.1) is 0 Å². The summed E-state index contributed by atoms with van der Waals surface area (Å²) in [7, 11) is -2.96. The topological polar surface area (TPSA) is 134 Å². The Kier molecular flexibility index (Phi) is 11.1. The molecule has 5 unspecified atom stereocenters. The summed E-state index contributed by atoms with van der Waals surface area (Å²) in [4.78, 5) is 32.5. The summed E-state index contributed by atoms with van der Waals surface area (Å²) in [5, 5.41) is 16.1. The quantitative estimate of drug-likeness (QED) is 0.155. The van der Waals surface area contributed by atoms with E-state index in [0.29, 0.717) is 30.3 Å². The van der Waals surface area contributed by atoms with Crippen molar-refractivity contribution in [3.8, 4) is 0 Å². The van der Waals surface area contributed by atoms with Gasteiger partial charge >= 0.3 is 13.9 Å². The lowest BCUT2D eigenvalue weighted by atomic mass is 10.0. The van der Waals surface area contributed by atoms with Crippen molar-refractivity contribution < 1.29 is 33.2 Å². The Balaban J connectivity index is 1.41. The fourth-order valence-electron chi connectivity index (χ4n) is 3.81. The molecule has 2 fully saturated rings. The number of urea groups is 1. The van der Waals surface area contributed by atoms with Crippen molar-refractivity contribution in [2.45, 2.75) is 87.6 Å². The van der Waals surface area contributed by atoms with Crippen molar-refractivity contribution in [2.24, 2.45) is 0 Å². The Bertz CT molecular complexity index is 609. The average molecular weight is 467 g/mol. The molecule has 0 radical (unpaired) electrons. The van der Waals surface area contributed by atoms with Gasteiger partial charge in [-0.15, -0.1) is 0 Å². The number of thioether (sulfide) groups is 1. The highest BCUT2D eigenvalue weighted by Gasteiger charge is 2.42. The van der Waals surface area contributed by atoms with Crippen molar-refractivity contribution in [1.29, 1.82) is 0 Å². The molecule has 2 heterocycles. The molecule has 2 aliphatic heterocycles. The standard InChI is InChI=1S/C19H35N2O7PS/c1-27-29(25,26)28-12-15(23)10-5-3-2-4-8-14(22)9-6-7-11-17-18-16(13-30-17)20-19(24)21-18/h15-18,23H,2-13H2,1H3,(H,25,26)(H2,20,21,24). The third kappa shape index (κ3) is 9.24. The number of hydrogen-bond acceptors (Lipinski definition) is 7. The van der Waals surface area contributed by atoms with Crippen molar-refractivity contribution in [2.75, 3.05) is 19.5 Å². The molecule has 0 aromatic rings. The monoisotopic (exact) mass is 466 g/mol. The number of carbonyl (C=O) groups is 2. The zero-order valence-electron chi connectivity index (χ0n) is 17.6. The normalized spacial score (nSPS) is 26.0. The maximum absolute atomic E-state index is 12.0. The summed E-state index contributed by atoms with van der Waals surface area (Å²) in [6.45, 7) is -0.232. The fourth-order valence-corrected chi connectivity index (χ4v) is 5.82. The highest BCUT2D eigenvalue weighted by atomic mass is 32.2. The van der Waals surface area contributed by atoms with Gasteiger partial charge in [0.15, 0.2) is 0 Å². The SMILES string of the molecule is COP(=O)(O)OCC(O)CCCCCCC(=O)CCCCC1SCC2NC(=O)NC21. The maximum Gasteiger partial charge on any atom is 0.471 e. The number of ketones is 1. The van der Waals surface area contributed by atoms with Gasteiger partial charge in [0.25, 0.3) is 0 Å². The largest absolute Gasteiger partial charge is 0.471 e. The van der Waals surface area contributed by atoms with E-state index in [1.165, 1.54) is 0 Å². The van der Waals surface area contributed by atoms with Gasteiger partial charge in [-0.2, -0.15) is 11.8 Å². The van der Waals surface area contributed by atoms with Crippen LogP contribution in [0.2, 0.25) is 0 Å². The second-order valence-corrected chi connectivity index (χ2v) is 10.8. The van der Waals surface area contributed by atoms with Gasteiger partial charge in [-0.1, -0.05) is 25.7 Å². The number of phosphoric acid groups is 1. The number of unbranched alkanes of at least 4 members (excludes halogenated alkanes) is 4. The summed E-state index contributed by atoms with van der Waals surface area (Å²) < 4.78 is 20.0. The molecular weight excluding hydrogens is 431 g/mol. The van der Waals surface area contributed by atoms with E-state index < -0.39 is 13.9 Å². The molecule has 0 aromatic heterocycles. The van der Waals surface area contributed by atoms with Crippen LogP contribution in [0.1, 0.15) is 64.2 Å². The maximum atomic E-state index is 12.0. The third-order valence-corrected chi connectivity index (χ3v) is 7.98. The van der Waals surface area contributed by atoms with Crippen molar-refractivity contribution in [3.63, 3.8) is 0 Å². The number of hydrogen-bond donors (Lipinski definition) is 4. The highest BCUT2D eigenvalue weighted by molar-refractivity contribution is 8.00.